The average molecular weight is 258 g/mol. The zero-order valence-corrected chi connectivity index (χ0v) is 11.6. The third kappa shape index (κ3) is 2.99. The minimum Gasteiger partial charge on any atom is -0.305 e. The molecule has 2 aromatic heterocycles. The highest BCUT2D eigenvalue weighted by atomic mass is 16.2. The van der Waals surface area contributed by atoms with Gasteiger partial charge >= 0.3 is 0 Å². The lowest BCUT2D eigenvalue weighted by atomic mass is 9.92. The quantitative estimate of drug-likeness (QED) is 0.899. The number of carbonyl (C=O) groups excluding carboxylic acids is 1. The molecule has 0 radical (unpaired) electrons. The standard InChI is InChI=1S/C14H18N4O/c1-14(2,3)11-9-10(18(4)17-11)13(19)16-12-7-5-6-8-15-12/h5-9H,1-4H3,(H,15,16,19). The highest BCUT2D eigenvalue weighted by Gasteiger charge is 2.21. The summed E-state index contributed by atoms with van der Waals surface area (Å²) in [6.45, 7) is 6.20. The van der Waals surface area contributed by atoms with Crippen molar-refractivity contribution in [1.29, 1.82) is 0 Å². The highest BCUT2D eigenvalue weighted by molar-refractivity contribution is 6.02. The van der Waals surface area contributed by atoms with E-state index < -0.39 is 0 Å². The predicted molar refractivity (Wildman–Crippen MR) is 74.1 cm³/mol. The number of aromatic nitrogens is 3. The summed E-state index contributed by atoms with van der Waals surface area (Å²) in [5.74, 6) is 0.329. The van der Waals surface area contributed by atoms with Gasteiger partial charge in [0.15, 0.2) is 0 Å². The zero-order valence-electron chi connectivity index (χ0n) is 11.6. The van der Waals surface area contributed by atoms with Crippen LogP contribution in [0.3, 0.4) is 0 Å². The van der Waals surface area contributed by atoms with E-state index in [2.05, 4.69) is 36.2 Å². The third-order valence-electron chi connectivity index (χ3n) is 2.79. The molecule has 0 saturated carbocycles. The van der Waals surface area contributed by atoms with E-state index in [9.17, 15) is 4.79 Å². The van der Waals surface area contributed by atoms with Crippen molar-refractivity contribution in [2.24, 2.45) is 7.05 Å². The van der Waals surface area contributed by atoms with Crippen molar-refractivity contribution in [2.45, 2.75) is 26.2 Å². The summed E-state index contributed by atoms with van der Waals surface area (Å²) in [5.41, 5.74) is 1.33. The van der Waals surface area contributed by atoms with Gasteiger partial charge in [-0.05, 0) is 18.2 Å². The first-order valence-corrected chi connectivity index (χ1v) is 6.15. The first-order valence-electron chi connectivity index (χ1n) is 6.15. The first-order chi connectivity index (χ1) is 8.88. The Bertz CT molecular complexity index is 581. The number of aryl methyl sites for hydroxylation is 1. The van der Waals surface area contributed by atoms with Crippen molar-refractivity contribution in [3.63, 3.8) is 0 Å². The Morgan fingerprint density at radius 2 is 2.05 bits per heavy atom. The largest absolute Gasteiger partial charge is 0.305 e. The Morgan fingerprint density at radius 3 is 2.58 bits per heavy atom. The van der Waals surface area contributed by atoms with E-state index in [1.807, 2.05) is 12.1 Å². The molecule has 0 aliphatic rings. The first kappa shape index (κ1) is 13.3. The molecule has 2 aromatic rings. The molecule has 0 unspecified atom stereocenters. The summed E-state index contributed by atoms with van der Waals surface area (Å²) in [7, 11) is 1.77. The number of pyridine rings is 1. The van der Waals surface area contributed by atoms with Gasteiger partial charge in [0.2, 0.25) is 0 Å². The summed E-state index contributed by atoms with van der Waals surface area (Å²) < 4.78 is 1.60. The summed E-state index contributed by atoms with van der Waals surface area (Å²) in [4.78, 5) is 16.2. The van der Waals surface area contributed by atoms with Crippen LogP contribution in [-0.2, 0) is 12.5 Å². The fourth-order valence-corrected chi connectivity index (χ4v) is 1.66. The lowest BCUT2D eigenvalue weighted by Crippen LogP contribution is -2.16. The molecule has 0 aliphatic heterocycles. The molecule has 2 heterocycles. The Labute approximate surface area is 112 Å². The summed E-state index contributed by atoms with van der Waals surface area (Å²) >= 11 is 0. The van der Waals surface area contributed by atoms with Crippen molar-refractivity contribution in [1.82, 2.24) is 14.8 Å². The summed E-state index contributed by atoms with van der Waals surface area (Å²) in [6.07, 6.45) is 1.64. The van der Waals surface area contributed by atoms with E-state index in [0.29, 0.717) is 11.5 Å². The molecule has 19 heavy (non-hydrogen) atoms. The molecule has 0 atom stereocenters. The van der Waals surface area contributed by atoms with Crippen molar-refractivity contribution < 1.29 is 4.79 Å². The molecule has 1 N–H and O–H groups in total. The van der Waals surface area contributed by atoms with Crippen LogP contribution >= 0.6 is 0 Å². The molecule has 0 bridgehead atoms. The van der Waals surface area contributed by atoms with Crippen LogP contribution in [0.2, 0.25) is 0 Å². The number of amides is 1. The van der Waals surface area contributed by atoms with Crippen LogP contribution in [0.25, 0.3) is 0 Å². The van der Waals surface area contributed by atoms with E-state index >= 15 is 0 Å². The van der Waals surface area contributed by atoms with Crippen LogP contribution < -0.4 is 5.32 Å². The predicted octanol–water partition coefficient (Wildman–Crippen LogP) is 2.36. The maximum atomic E-state index is 12.2. The van der Waals surface area contributed by atoms with Crippen molar-refractivity contribution in [3.05, 3.63) is 41.9 Å². The van der Waals surface area contributed by atoms with Gasteiger partial charge in [0, 0.05) is 18.7 Å². The van der Waals surface area contributed by atoms with Gasteiger partial charge in [0.25, 0.3) is 5.91 Å². The lowest BCUT2D eigenvalue weighted by Gasteiger charge is -2.13. The number of nitrogens with zero attached hydrogens (tertiary/aromatic N) is 3. The second-order valence-electron chi connectivity index (χ2n) is 5.46. The maximum Gasteiger partial charge on any atom is 0.275 e. The minimum absolute atomic E-state index is 0.0821. The van der Waals surface area contributed by atoms with Gasteiger partial charge in [-0.25, -0.2) is 4.98 Å². The van der Waals surface area contributed by atoms with Gasteiger partial charge in [-0.3, -0.25) is 9.48 Å². The van der Waals surface area contributed by atoms with E-state index in [1.54, 1.807) is 30.1 Å². The fraction of sp³-hybridized carbons (Fsp3) is 0.357. The molecule has 1 amide bonds. The van der Waals surface area contributed by atoms with Gasteiger partial charge < -0.3 is 5.32 Å². The van der Waals surface area contributed by atoms with Gasteiger partial charge in [0.05, 0.1) is 5.69 Å². The average Bonchev–Trinajstić information content (AvgIpc) is 2.72. The number of hydrogen-bond acceptors (Lipinski definition) is 3. The Kier molecular flexibility index (Phi) is 3.38. The molecule has 0 aliphatic carbocycles. The summed E-state index contributed by atoms with van der Waals surface area (Å²) in [5, 5.41) is 7.13. The molecular weight excluding hydrogens is 240 g/mol. The SMILES string of the molecule is Cn1nc(C(C)(C)C)cc1C(=O)Nc1ccccn1. The van der Waals surface area contributed by atoms with E-state index in [-0.39, 0.29) is 11.3 Å². The second kappa shape index (κ2) is 4.84. The molecule has 5 nitrogen and oxygen atoms in total. The molecule has 0 saturated heterocycles. The minimum atomic E-state index is -0.204. The van der Waals surface area contributed by atoms with Gasteiger partial charge in [0.1, 0.15) is 11.5 Å². The fourth-order valence-electron chi connectivity index (χ4n) is 1.66. The molecule has 5 heteroatoms. The number of anilines is 1. The van der Waals surface area contributed by atoms with Crippen LogP contribution in [0.1, 0.15) is 37.0 Å². The highest BCUT2D eigenvalue weighted by Crippen LogP contribution is 2.21. The van der Waals surface area contributed by atoms with Gasteiger partial charge in [-0.2, -0.15) is 5.10 Å². The van der Waals surface area contributed by atoms with E-state index in [0.717, 1.165) is 5.69 Å². The zero-order chi connectivity index (χ0) is 14.0. The molecule has 0 aromatic carbocycles. The molecule has 0 fully saturated rings. The van der Waals surface area contributed by atoms with Gasteiger partial charge in [-0.1, -0.05) is 26.8 Å². The normalized spacial score (nSPS) is 11.4. The lowest BCUT2D eigenvalue weighted by molar-refractivity contribution is 0.101. The molecular formula is C14H18N4O. The van der Waals surface area contributed by atoms with E-state index in [1.165, 1.54) is 0 Å². The Hall–Kier alpha value is -2.17. The number of carbonyl (C=O) groups is 1. The topological polar surface area (TPSA) is 59.8 Å². The number of nitrogens with one attached hydrogen (secondary N) is 1. The molecule has 0 spiro atoms. The Morgan fingerprint density at radius 1 is 1.32 bits per heavy atom. The van der Waals surface area contributed by atoms with Crippen molar-refractivity contribution in [3.8, 4) is 0 Å². The number of hydrogen-bond donors (Lipinski definition) is 1. The van der Waals surface area contributed by atoms with Gasteiger partial charge in [-0.15, -0.1) is 0 Å². The van der Waals surface area contributed by atoms with Crippen molar-refractivity contribution >= 4 is 11.7 Å². The maximum absolute atomic E-state index is 12.2. The van der Waals surface area contributed by atoms with Crippen LogP contribution in [0, 0.1) is 0 Å². The van der Waals surface area contributed by atoms with Crippen LogP contribution in [0.15, 0.2) is 30.5 Å². The molecule has 2 rings (SSSR count). The van der Waals surface area contributed by atoms with Crippen LogP contribution in [0.4, 0.5) is 5.82 Å². The molecule has 100 valence electrons. The van der Waals surface area contributed by atoms with Crippen LogP contribution in [0.5, 0.6) is 0 Å². The smallest absolute Gasteiger partial charge is 0.275 e. The summed E-state index contributed by atoms with van der Waals surface area (Å²) in [6, 6.07) is 7.20. The van der Waals surface area contributed by atoms with Crippen LogP contribution in [-0.4, -0.2) is 20.7 Å². The Balaban J connectivity index is 2.23. The van der Waals surface area contributed by atoms with E-state index in [4.69, 9.17) is 0 Å². The second-order valence-corrected chi connectivity index (χ2v) is 5.46. The number of rotatable bonds is 2. The van der Waals surface area contributed by atoms with Crippen molar-refractivity contribution in [2.75, 3.05) is 5.32 Å². The third-order valence-corrected chi connectivity index (χ3v) is 2.79. The monoisotopic (exact) mass is 258 g/mol.